The highest BCUT2D eigenvalue weighted by molar-refractivity contribution is 9.10. The van der Waals surface area contributed by atoms with Crippen molar-refractivity contribution in [3.05, 3.63) is 99.0 Å². The number of aromatic carboxylic acids is 1. The predicted octanol–water partition coefficient (Wildman–Crippen LogP) is 5.41. The molecule has 0 heterocycles. The minimum atomic E-state index is -1.12. The Morgan fingerprint density at radius 2 is 1.53 bits per heavy atom. The molecular weight excluding hydrogens is 470 g/mol. The van der Waals surface area contributed by atoms with E-state index in [-0.39, 0.29) is 23.8 Å². The van der Waals surface area contributed by atoms with Gasteiger partial charge in [-0.2, -0.15) is 0 Å². The second-order valence-corrected chi connectivity index (χ2v) is 7.86. The summed E-state index contributed by atoms with van der Waals surface area (Å²) < 4.78 is 6.10. The molecule has 1 N–H and O–H groups in total. The van der Waals surface area contributed by atoms with Crippen molar-refractivity contribution in [3.8, 4) is 5.75 Å². The number of benzene rings is 3. The number of carboxylic acid groups (broad SMARTS) is 1. The van der Waals surface area contributed by atoms with Gasteiger partial charge in [-0.05, 0) is 51.3 Å². The van der Waals surface area contributed by atoms with Gasteiger partial charge in [0.15, 0.2) is 6.61 Å². The third-order valence-electron chi connectivity index (χ3n) is 4.39. The topological polar surface area (TPSA) is 66.8 Å². The average molecular weight is 489 g/mol. The van der Waals surface area contributed by atoms with Gasteiger partial charge < -0.3 is 14.7 Å². The predicted molar refractivity (Wildman–Crippen MR) is 119 cm³/mol. The molecule has 30 heavy (non-hydrogen) atoms. The maximum atomic E-state index is 13.0. The third-order valence-corrected chi connectivity index (χ3v) is 5.27. The lowest BCUT2D eigenvalue weighted by Gasteiger charge is -2.23. The van der Waals surface area contributed by atoms with E-state index in [1.54, 1.807) is 29.2 Å². The van der Waals surface area contributed by atoms with Gasteiger partial charge in [-0.1, -0.05) is 60.1 Å². The first-order valence-corrected chi connectivity index (χ1v) is 10.3. The summed E-state index contributed by atoms with van der Waals surface area (Å²) in [6.45, 7) is 0.479. The van der Waals surface area contributed by atoms with Crippen LogP contribution in [0.4, 0.5) is 0 Å². The second kappa shape index (κ2) is 10.3. The fourth-order valence-electron chi connectivity index (χ4n) is 2.90. The van der Waals surface area contributed by atoms with Crippen LogP contribution in [0.1, 0.15) is 21.5 Å². The number of hydrogen-bond acceptors (Lipinski definition) is 3. The zero-order chi connectivity index (χ0) is 21.5. The van der Waals surface area contributed by atoms with E-state index in [1.165, 1.54) is 6.07 Å². The van der Waals surface area contributed by atoms with Crippen LogP contribution in [0, 0.1) is 0 Å². The molecule has 0 bridgehead atoms. The molecule has 0 aliphatic heterocycles. The molecule has 0 aliphatic rings. The number of rotatable bonds is 8. The van der Waals surface area contributed by atoms with E-state index in [2.05, 4.69) is 15.9 Å². The van der Waals surface area contributed by atoms with Crippen LogP contribution in [0.15, 0.2) is 77.3 Å². The molecule has 0 aromatic heterocycles. The normalized spacial score (nSPS) is 10.5. The fourth-order valence-corrected chi connectivity index (χ4v) is 3.50. The fraction of sp³-hybridized carbons (Fsp3) is 0.130. The summed E-state index contributed by atoms with van der Waals surface area (Å²) >= 11 is 9.25. The summed E-state index contributed by atoms with van der Waals surface area (Å²) in [5.41, 5.74) is 1.90. The number of para-hydroxylation sites is 1. The van der Waals surface area contributed by atoms with E-state index < -0.39 is 5.97 Å². The Kier molecular flexibility index (Phi) is 7.49. The van der Waals surface area contributed by atoms with Crippen molar-refractivity contribution >= 4 is 39.4 Å². The zero-order valence-electron chi connectivity index (χ0n) is 15.9. The van der Waals surface area contributed by atoms with E-state index in [9.17, 15) is 14.7 Å². The molecule has 0 saturated heterocycles. The highest BCUT2D eigenvalue weighted by Crippen LogP contribution is 2.29. The van der Waals surface area contributed by atoms with Crippen molar-refractivity contribution < 1.29 is 19.4 Å². The Morgan fingerprint density at radius 3 is 2.17 bits per heavy atom. The van der Waals surface area contributed by atoms with Gasteiger partial charge in [0.25, 0.3) is 5.91 Å². The van der Waals surface area contributed by atoms with Gasteiger partial charge in [-0.3, -0.25) is 4.79 Å². The third kappa shape index (κ3) is 5.84. The first-order chi connectivity index (χ1) is 14.4. The molecule has 0 saturated carbocycles. The minimum absolute atomic E-state index is 0.00974. The molecule has 0 radical (unpaired) electrons. The van der Waals surface area contributed by atoms with Gasteiger partial charge in [0, 0.05) is 18.1 Å². The molecular formula is C23H19BrClNO4. The molecule has 3 aromatic rings. The highest BCUT2D eigenvalue weighted by atomic mass is 79.9. The summed E-state index contributed by atoms with van der Waals surface area (Å²) in [5, 5.41) is 9.99. The molecule has 154 valence electrons. The summed E-state index contributed by atoms with van der Waals surface area (Å²) in [4.78, 5) is 26.1. The number of nitrogens with zero attached hydrogens (tertiary/aromatic N) is 1. The standard InChI is InChI=1S/C23H19BrClNO4/c24-20-8-4-7-19(23(28)29)22(20)30-15-21(27)26(13-16-5-2-1-3-6-16)14-17-9-11-18(25)12-10-17/h1-12H,13-15H2,(H,28,29). The number of carboxylic acids is 1. The number of carbonyl (C=O) groups is 2. The van der Waals surface area contributed by atoms with E-state index in [4.69, 9.17) is 16.3 Å². The Morgan fingerprint density at radius 1 is 0.900 bits per heavy atom. The Bertz CT molecular complexity index is 1030. The first kappa shape index (κ1) is 21.9. The van der Waals surface area contributed by atoms with E-state index >= 15 is 0 Å². The van der Waals surface area contributed by atoms with Crippen LogP contribution in [0.3, 0.4) is 0 Å². The van der Waals surface area contributed by atoms with Crippen molar-refractivity contribution in [2.45, 2.75) is 13.1 Å². The Labute approximate surface area is 188 Å². The number of hydrogen-bond donors (Lipinski definition) is 1. The largest absolute Gasteiger partial charge is 0.482 e. The Balaban J connectivity index is 1.78. The SMILES string of the molecule is O=C(O)c1cccc(Br)c1OCC(=O)N(Cc1ccccc1)Cc1ccc(Cl)cc1. The highest BCUT2D eigenvalue weighted by Gasteiger charge is 2.19. The maximum Gasteiger partial charge on any atom is 0.339 e. The van der Waals surface area contributed by atoms with Crippen molar-refractivity contribution in [3.63, 3.8) is 0 Å². The van der Waals surface area contributed by atoms with E-state index in [0.29, 0.717) is 22.6 Å². The van der Waals surface area contributed by atoms with Crippen molar-refractivity contribution in [2.24, 2.45) is 0 Å². The van der Waals surface area contributed by atoms with Crippen LogP contribution < -0.4 is 4.74 Å². The van der Waals surface area contributed by atoms with Crippen molar-refractivity contribution in [2.75, 3.05) is 6.61 Å². The average Bonchev–Trinajstić information content (AvgIpc) is 2.74. The molecule has 3 aromatic carbocycles. The molecule has 7 heteroatoms. The summed E-state index contributed by atoms with van der Waals surface area (Å²) in [7, 11) is 0. The van der Waals surface area contributed by atoms with Gasteiger partial charge >= 0.3 is 5.97 Å². The molecule has 1 amide bonds. The summed E-state index contributed by atoms with van der Waals surface area (Å²) in [6.07, 6.45) is 0. The minimum Gasteiger partial charge on any atom is -0.482 e. The molecule has 0 spiro atoms. The molecule has 0 fully saturated rings. The van der Waals surface area contributed by atoms with Crippen molar-refractivity contribution in [1.29, 1.82) is 0 Å². The lowest BCUT2D eigenvalue weighted by atomic mass is 10.1. The number of halogens is 2. The van der Waals surface area contributed by atoms with Crippen LogP contribution in [0.2, 0.25) is 5.02 Å². The smallest absolute Gasteiger partial charge is 0.339 e. The van der Waals surface area contributed by atoms with Gasteiger partial charge in [-0.15, -0.1) is 0 Å². The van der Waals surface area contributed by atoms with Gasteiger partial charge in [-0.25, -0.2) is 4.79 Å². The molecule has 3 rings (SSSR count). The van der Waals surface area contributed by atoms with Crippen LogP contribution >= 0.6 is 27.5 Å². The number of ether oxygens (including phenoxy) is 1. The summed E-state index contributed by atoms with van der Waals surface area (Å²) in [5.74, 6) is -1.26. The van der Waals surface area contributed by atoms with E-state index in [0.717, 1.165) is 11.1 Å². The van der Waals surface area contributed by atoms with Crippen LogP contribution in [-0.2, 0) is 17.9 Å². The molecule has 0 unspecified atom stereocenters. The monoisotopic (exact) mass is 487 g/mol. The van der Waals surface area contributed by atoms with E-state index in [1.807, 2.05) is 42.5 Å². The first-order valence-electron chi connectivity index (χ1n) is 9.15. The molecule has 0 aliphatic carbocycles. The zero-order valence-corrected chi connectivity index (χ0v) is 18.3. The van der Waals surface area contributed by atoms with Gasteiger partial charge in [0.2, 0.25) is 0 Å². The number of amides is 1. The van der Waals surface area contributed by atoms with Gasteiger partial charge in [0.05, 0.1) is 4.47 Å². The molecule has 0 atom stereocenters. The molecule has 5 nitrogen and oxygen atoms in total. The number of carbonyl (C=O) groups excluding carboxylic acids is 1. The lowest BCUT2D eigenvalue weighted by Crippen LogP contribution is -2.34. The maximum absolute atomic E-state index is 13.0. The second-order valence-electron chi connectivity index (χ2n) is 6.57. The lowest BCUT2D eigenvalue weighted by molar-refractivity contribution is -0.134. The summed E-state index contributed by atoms with van der Waals surface area (Å²) in [6, 6.07) is 21.6. The quantitative estimate of drug-likeness (QED) is 0.460. The van der Waals surface area contributed by atoms with Crippen LogP contribution in [-0.4, -0.2) is 28.5 Å². The van der Waals surface area contributed by atoms with Gasteiger partial charge in [0.1, 0.15) is 11.3 Å². The van der Waals surface area contributed by atoms with Crippen LogP contribution in [0.25, 0.3) is 0 Å². The van der Waals surface area contributed by atoms with Crippen LogP contribution in [0.5, 0.6) is 5.75 Å². The Hall–Kier alpha value is -2.83. The van der Waals surface area contributed by atoms with Crippen molar-refractivity contribution in [1.82, 2.24) is 4.90 Å².